The van der Waals surface area contributed by atoms with Crippen molar-refractivity contribution < 1.29 is 14.5 Å². The predicted octanol–water partition coefficient (Wildman–Crippen LogP) is 2.80. The van der Waals surface area contributed by atoms with Crippen LogP contribution in [0.15, 0.2) is 59.7 Å². The van der Waals surface area contributed by atoms with Crippen molar-refractivity contribution in [1.29, 1.82) is 0 Å². The van der Waals surface area contributed by atoms with Gasteiger partial charge in [0.25, 0.3) is 5.69 Å². The quantitative estimate of drug-likeness (QED) is 0.647. The lowest BCUT2D eigenvalue weighted by molar-refractivity contribution is -0.384. The number of nitro groups is 1. The molecule has 1 aliphatic rings. The first-order chi connectivity index (χ1) is 12.8. The van der Waals surface area contributed by atoms with Gasteiger partial charge in [-0.1, -0.05) is 30.3 Å². The van der Waals surface area contributed by atoms with Crippen LogP contribution in [0, 0.1) is 10.1 Å². The summed E-state index contributed by atoms with van der Waals surface area (Å²) in [5.41, 5.74) is 1.33. The molecule has 1 heterocycles. The molecule has 0 saturated carbocycles. The Kier molecular flexibility index (Phi) is 4.95. The number of hydrogen-bond acceptors (Lipinski definition) is 6. The van der Waals surface area contributed by atoms with Gasteiger partial charge >= 0.3 is 0 Å². The summed E-state index contributed by atoms with van der Waals surface area (Å²) >= 11 is 1.20. The minimum absolute atomic E-state index is 0.0534. The fourth-order valence-corrected chi connectivity index (χ4v) is 4.22. The fourth-order valence-electron chi connectivity index (χ4n) is 2.86. The van der Waals surface area contributed by atoms with Crippen molar-refractivity contribution in [3.05, 3.63) is 75.8 Å². The minimum atomic E-state index is -1.08. The number of hydrazone groups is 1. The second-order valence-electron chi connectivity index (χ2n) is 5.83. The number of non-ortho nitro benzene ring substituents is 1. The van der Waals surface area contributed by atoms with E-state index >= 15 is 0 Å². The second-order valence-corrected chi connectivity index (χ2v) is 7.01. The molecule has 0 spiro atoms. The molecule has 0 radical (unpaired) electrons. The molecule has 3 rings (SSSR count). The Labute approximate surface area is 159 Å². The summed E-state index contributed by atoms with van der Waals surface area (Å²) in [4.78, 5) is 33.3. The third kappa shape index (κ3) is 3.41. The number of carbonyl (C=O) groups is 2. The van der Waals surface area contributed by atoms with Crippen LogP contribution in [0.1, 0.15) is 25.0 Å². The number of thioether (sulfide) groups is 1. The molecule has 27 heavy (non-hydrogen) atoms. The smallest absolute Gasteiger partial charge is 0.269 e. The van der Waals surface area contributed by atoms with Gasteiger partial charge in [0.2, 0.25) is 11.8 Å². The lowest BCUT2D eigenvalue weighted by atomic mass is 9.96. The Balaban J connectivity index is 2.18. The first kappa shape index (κ1) is 18.6. The van der Waals surface area contributed by atoms with Gasteiger partial charge in [0.05, 0.1) is 4.92 Å². The van der Waals surface area contributed by atoms with Crippen LogP contribution >= 0.6 is 11.8 Å². The number of hydrogen-bond donors (Lipinski definition) is 1. The Morgan fingerprint density at radius 1 is 1.07 bits per heavy atom. The lowest BCUT2D eigenvalue weighted by Gasteiger charge is -2.35. The van der Waals surface area contributed by atoms with Gasteiger partial charge in [-0.3, -0.25) is 19.7 Å². The molecular weight excluding hydrogens is 368 g/mol. The highest BCUT2D eigenvalue weighted by Gasteiger charge is 2.49. The summed E-state index contributed by atoms with van der Waals surface area (Å²) in [6, 6.07) is 15.2. The average Bonchev–Trinajstić information content (AvgIpc) is 3.02. The van der Waals surface area contributed by atoms with E-state index in [0.717, 1.165) is 5.56 Å². The summed E-state index contributed by atoms with van der Waals surface area (Å²) < 4.78 is 0. The summed E-state index contributed by atoms with van der Waals surface area (Å²) in [6.45, 7) is 2.74. The van der Waals surface area contributed by atoms with Gasteiger partial charge in [0.1, 0.15) is 0 Å². The lowest BCUT2D eigenvalue weighted by Crippen LogP contribution is -2.41. The molecule has 0 saturated heterocycles. The zero-order valence-corrected chi connectivity index (χ0v) is 15.4. The van der Waals surface area contributed by atoms with Crippen molar-refractivity contribution in [3.63, 3.8) is 0 Å². The molecule has 0 fully saturated rings. The van der Waals surface area contributed by atoms with Crippen LogP contribution in [-0.2, 0) is 14.5 Å². The number of nitrogens with one attached hydrogen (secondary N) is 1. The van der Waals surface area contributed by atoms with E-state index in [2.05, 4.69) is 10.4 Å². The Bertz CT molecular complexity index is 930. The number of nitrogens with zero attached hydrogens (tertiary/aromatic N) is 3. The molecule has 8 nitrogen and oxygen atoms in total. The number of benzene rings is 2. The number of nitro benzene ring substituents is 1. The zero-order chi connectivity index (χ0) is 19.6. The summed E-state index contributed by atoms with van der Waals surface area (Å²) in [6.07, 6.45) is 0. The molecule has 0 aromatic heterocycles. The fraction of sp³-hybridized carbons (Fsp3) is 0.167. The summed E-state index contributed by atoms with van der Waals surface area (Å²) in [5, 5.41) is 19.5. The van der Waals surface area contributed by atoms with Crippen molar-refractivity contribution in [2.24, 2.45) is 5.10 Å². The van der Waals surface area contributed by atoms with E-state index in [-0.39, 0.29) is 22.7 Å². The first-order valence-corrected chi connectivity index (χ1v) is 8.82. The molecule has 1 aliphatic heterocycles. The number of amides is 2. The molecule has 2 aromatic rings. The largest absolute Gasteiger partial charge is 0.304 e. The van der Waals surface area contributed by atoms with Crippen molar-refractivity contribution in [2.75, 3.05) is 0 Å². The predicted molar refractivity (Wildman–Crippen MR) is 102 cm³/mol. The maximum atomic E-state index is 12.4. The molecule has 1 atom stereocenters. The standard InChI is InChI=1S/C18H16N4O4S/c1-12(23)19-17-20-21(13(2)24)18(27-17,14-6-4-3-5-7-14)15-8-10-16(11-9-15)22(25)26/h3-11H,1-2H3,(H,19,20,23). The van der Waals surface area contributed by atoms with Gasteiger partial charge in [-0.25, -0.2) is 5.01 Å². The van der Waals surface area contributed by atoms with Crippen LogP contribution in [-0.4, -0.2) is 26.9 Å². The van der Waals surface area contributed by atoms with Gasteiger partial charge < -0.3 is 5.32 Å². The van der Waals surface area contributed by atoms with Crippen molar-refractivity contribution in [2.45, 2.75) is 18.7 Å². The van der Waals surface area contributed by atoms with Gasteiger partial charge in [-0.15, -0.1) is 5.10 Å². The second kappa shape index (κ2) is 7.20. The molecule has 1 N–H and O–H groups in total. The van der Waals surface area contributed by atoms with E-state index in [1.54, 1.807) is 12.1 Å². The van der Waals surface area contributed by atoms with Gasteiger partial charge in [-0.2, -0.15) is 0 Å². The first-order valence-electron chi connectivity index (χ1n) is 8.01. The molecule has 9 heteroatoms. The van der Waals surface area contributed by atoms with E-state index in [1.807, 2.05) is 30.3 Å². The molecular formula is C18H16N4O4S. The van der Waals surface area contributed by atoms with E-state index < -0.39 is 9.79 Å². The highest BCUT2D eigenvalue weighted by Crippen LogP contribution is 2.50. The highest BCUT2D eigenvalue weighted by atomic mass is 32.2. The maximum absolute atomic E-state index is 12.4. The van der Waals surface area contributed by atoms with Gasteiger partial charge in [0, 0.05) is 26.0 Å². The van der Waals surface area contributed by atoms with Crippen LogP contribution in [0.2, 0.25) is 0 Å². The van der Waals surface area contributed by atoms with Crippen molar-refractivity contribution in [1.82, 2.24) is 10.3 Å². The van der Waals surface area contributed by atoms with Crippen LogP contribution in [0.25, 0.3) is 0 Å². The number of amidine groups is 1. The number of rotatable bonds is 3. The van der Waals surface area contributed by atoms with Crippen molar-refractivity contribution >= 4 is 34.4 Å². The highest BCUT2D eigenvalue weighted by molar-refractivity contribution is 8.15. The molecule has 138 valence electrons. The molecule has 2 amide bonds. The molecule has 2 aromatic carbocycles. The van der Waals surface area contributed by atoms with Crippen molar-refractivity contribution in [3.8, 4) is 0 Å². The third-order valence-electron chi connectivity index (χ3n) is 3.95. The molecule has 0 aliphatic carbocycles. The van der Waals surface area contributed by atoms with E-state index in [1.165, 1.54) is 42.8 Å². The summed E-state index contributed by atoms with van der Waals surface area (Å²) in [7, 11) is 0. The van der Waals surface area contributed by atoms with Crippen LogP contribution < -0.4 is 5.32 Å². The van der Waals surface area contributed by atoms with Gasteiger partial charge in [-0.05, 0) is 35.0 Å². The maximum Gasteiger partial charge on any atom is 0.269 e. The van der Waals surface area contributed by atoms with E-state index in [9.17, 15) is 19.7 Å². The van der Waals surface area contributed by atoms with Crippen LogP contribution in [0.3, 0.4) is 0 Å². The SMILES string of the molecule is CC(=O)NC1=NN(C(C)=O)C(c2ccccc2)(c2ccc([N+](=O)[O-])cc2)S1. The monoisotopic (exact) mass is 384 g/mol. The average molecular weight is 384 g/mol. The minimum Gasteiger partial charge on any atom is -0.304 e. The van der Waals surface area contributed by atoms with E-state index in [4.69, 9.17) is 0 Å². The van der Waals surface area contributed by atoms with Gasteiger partial charge in [0.15, 0.2) is 10.0 Å². The number of carbonyl (C=O) groups excluding carboxylic acids is 2. The topological polar surface area (TPSA) is 105 Å². The molecule has 0 bridgehead atoms. The zero-order valence-electron chi connectivity index (χ0n) is 14.6. The Morgan fingerprint density at radius 2 is 1.67 bits per heavy atom. The van der Waals surface area contributed by atoms with E-state index in [0.29, 0.717) is 5.56 Å². The summed E-state index contributed by atoms with van der Waals surface area (Å²) in [5.74, 6) is -0.637. The molecule has 1 unspecified atom stereocenters. The Hall–Kier alpha value is -3.20. The van der Waals surface area contributed by atoms with Crippen LogP contribution in [0.5, 0.6) is 0 Å². The van der Waals surface area contributed by atoms with Crippen LogP contribution in [0.4, 0.5) is 5.69 Å². The third-order valence-corrected chi connectivity index (χ3v) is 5.27. The Morgan fingerprint density at radius 3 is 2.19 bits per heavy atom. The normalized spacial score (nSPS) is 18.7.